The van der Waals surface area contributed by atoms with Crippen molar-refractivity contribution in [3.63, 3.8) is 0 Å². The third-order valence-electron chi connectivity index (χ3n) is 4.91. The average molecular weight is 929 g/mol. The van der Waals surface area contributed by atoms with Gasteiger partial charge in [-0.25, -0.2) is 0 Å². The van der Waals surface area contributed by atoms with Crippen LogP contribution in [0.1, 0.15) is 51.3 Å². The van der Waals surface area contributed by atoms with Gasteiger partial charge in [0.15, 0.2) is 0 Å². The summed E-state index contributed by atoms with van der Waals surface area (Å²) in [7, 11) is 0. The fraction of sp³-hybridized carbons (Fsp3) is 0.105. The Hall–Kier alpha value is -3.00. The van der Waals surface area contributed by atoms with Gasteiger partial charge < -0.3 is 10.2 Å². The van der Waals surface area contributed by atoms with Crippen LogP contribution in [0.2, 0.25) is 0 Å². The molecule has 0 aromatic heterocycles. The Labute approximate surface area is 329 Å². The number of halogens is 1. The Balaban J connectivity index is 0. The second-order valence-corrected chi connectivity index (χ2v) is 9.99. The molecule has 4 rings (SSSR count). The number of aliphatic hydroxyl groups excluding tert-OH is 2. The number of aliphatic hydroxyl groups is 2. The summed E-state index contributed by atoms with van der Waals surface area (Å²) < 4.78 is 14.2. The zero-order chi connectivity index (χ0) is 35.1. The van der Waals surface area contributed by atoms with Crippen molar-refractivity contribution in [1.82, 2.24) is 0 Å². The summed E-state index contributed by atoms with van der Waals surface area (Å²) >= 11 is 5.64. The zero-order valence-corrected chi connectivity index (χ0v) is 32.9. The molecule has 0 spiro atoms. The number of carbonyl (C=O) groups is 2. The minimum Gasteiger partial charge on any atom is -0.392 e. The molecule has 46 heavy (non-hydrogen) atoms. The summed E-state index contributed by atoms with van der Waals surface area (Å²) in [6, 6.07) is 28.9. The normalized spacial score (nSPS) is 8.78. The van der Waals surface area contributed by atoms with Gasteiger partial charge in [0.05, 0.1) is 13.2 Å². The van der Waals surface area contributed by atoms with E-state index in [-0.39, 0.29) is 69.7 Å². The van der Waals surface area contributed by atoms with Crippen LogP contribution in [0, 0.1) is 91.6 Å². The number of hydrogen-bond donors (Lipinski definition) is 2. The Morgan fingerprint density at radius 1 is 0.717 bits per heavy atom. The van der Waals surface area contributed by atoms with E-state index >= 15 is 0 Å². The Morgan fingerprint density at radius 2 is 1.20 bits per heavy atom. The van der Waals surface area contributed by atoms with Crippen LogP contribution in [-0.4, -0.2) is 35.2 Å². The van der Waals surface area contributed by atoms with E-state index in [0.29, 0.717) is 11.1 Å². The molecule has 0 fully saturated rings. The van der Waals surface area contributed by atoms with Crippen LogP contribution in [0.4, 0.5) is 0 Å². The predicted octanol–water partition coefficient (Wildman–Crippen LogP) is 7.69. The molecule has 0 saturated carbocycles. The molecular weight excluding hydrogens is 891 g/mol. The molecule has 4 nitrogen and oxygen atoms in total. The summed E-state index contributed by atoms with van der Waals surface area (Å²) in [5.41, 5.74) is 5.47. The summed E-state index contributed by atoms with van der Waals surface area (Å²) in [4.78, 5) is 20.5. The van der Waals surface area contributed by atoms with E-state index in [2.05, 4.69) is 44.2 Å². The first-order valence-electron chi connectivity index (χ1n) is 14.1. The summed E-state index contributed by atoms with van der Waals surface area (Å²) in [5.74, 6) is 7.84. The topological polar surface area (TPSA) is 74.6 Å². The van der Waals surface area contributed by atoms with E-state index in [1.165, 1.54) is 11.8 Å². The molecule has 231 valence electrons. The van der Waals surface area contributed by atoms with E-state index in [4.69, 9.17) is 32.2 Å². The van der Waals surface area contributed by atoms with Crippen LogP contribution in [0.15, 0.2) is 102 Å². The molecule has 0 aliphatic rings. The third kappa shape index (κ3) is 22.5. The van der Waals surface area contributed by atoms with Gasteiger partial charge in [-0.2, -0.15) is 0 Å². The number of rotatable bonds is 4. The van der Waals surface area contributed by atoms with Crippen molar-refractivity contribution in [3.8, 4) is 47.5 Å². The van der Waals surface area contributed by atoms with Crippen molar-refractivity contribution >= 4 is 52.0 Å². The van der Waals surface area contributed by atoms with Crippen LogP contribution in [0.3, 0.4) is 0 Å². The fourth-order valence-electron chi connectivity index (χ4n) is 2.88. The van der Waals surface area contributed by atoms with Gasteiger partial charge in [0.1, 0.15) is 12.6 Å². The quantitative estimate of drug-likeness (QED) is 0.162. The molecule has 0 aliphatic carbocycles. The molecule has 0 unspecified atom stereocenters. The van der Waals surface area contributed by atoms with Crippen molar-refractivity contribution in [2.75, 3.05) is 12.5 Å². The average Bonchev–Trinajstić information content (AvgIpc) is 3.13. The van der Waals surface area contributed by atoms with Gasteiger partial charge >= 0.3 is 0 Å². The van der Waals surface area contributed by atoms with Crippen LogP contribution >= 0.6 is 39.5 Å². The standard InChI is InChI=1S/C10H8OS.2C9H8O.C7H5BrO.C3H4S.Ac/c1-12-6-5-9-3-2-4-10(7-9)8-11;2*1-2-8-4-3-5-9(6-8)7-10;8-7-3-1-2-6(4-7)5-9;1-3-4-2;/h2-4,7-8H,1H3;2*1,3-6,10H,7H2;1-5H;1H,2H3;/i1T;;;;2T;. The molecule has 2 N–H and O–H groups in total. The first kappa shape index (κ1) is 41.0. The summed E-state index contributed by atoms with van der Waals surface area (Å²) in [6.45, 7) is 0.102. The Bertz CT molecular complexity index is 1650. The Morgan fingerprint density at radius 3 is 1.59 bits per heavy atom. The number of hydrogen-bond acceptors (Lipinski definition) is 6. The SMILES string of the molecule is C#Cc1cccc(CO)c1.C#Cc1cccc(CO)c1.O=Cc1cccc(Br)c1.[3H]CSC#C.[3H]CSC#Cc1cccc(C=O)c1.[Ac]. The van der Waals surface area contributed by atoms with Gasteiger partial charge in [0, 0.05) is 79.1 Å². The Kier molecular flexibility index (Phi) is 27.3. The van der Waals surface area contributed by atoms with Gasteiger partial charge in [-0.15, -0.1) is 19.3 Å². The molecule has 0 bridgehead atoms. The molecule has 8 heteroatoms. The first-order valence-corrected chi connectivity index (χ1v) is 15.5. The molecule has 0 saturated heterocycles. The number of aldehydes is 2. The second kappa shape index (κ2) is 30.6. The van der Waals surface area contributed by atoms with Crippen LogP contribution in [-0.2, 0) is 13.2 Å². The second-order valence-electron chi connectivity index (χ2n) is 8.06. The molecule has 4 aromatic rings. The molecule has 0 aliphatic heterocycles. The number of terminal acetylenes is 3. The van der Waals surface area contributed by atoms with Crippen molar-refractivity contribution in [2.45, 2.75) is 13.2 Å². The largest absolute Gasteiger partial charge is 0.392 e. The van der Waals surface area contributed by atoms with Gasteiger partial charge in [0.25, 0.3) is 0 Å². The van der Waals surface area contributed by atoms with E-state index in [1.807, 2.05) is 54.6 Å². The van der Waals surface area contributed by atoms with Gasteiger partial charge in [0.2, 0.25) is 0 Å². The van der Waals surface area contributed by atoms with Crippen molar-refractivity contribution in [1.29, 1.82) is 0 Å². The van der Waals surface area contributed by atoms with Gasteiger partial charge in [-0.05, 0) is 82.6 Å². The molecule has 4 aromatic carbocycles. The molecule has 0 amide bonds. The van der Waals surface area contributed by atoms with Gasteiger partial charge in [-0.3, -0.25) is 9.59 Å². The zero-order valence-electron chi connectivity index (χ0n) is 26.9. The number of carbonyl (C=O) groups excluding carboxylic acids is 2. The summed E-state index contributed by atoms with van der Waals surface area (Å²) in [6.07, 6.45) is 17.1. The fourth-order valence-corrected chi connectivity index (χ4v) is 3.49. The first-order chi connectivity index (χ1) is 22.8. The number of thioether (sulfide) groups is 2. The van der Waals surface area contributed by atoms with E-state index in [0.717, 1.165) is 56.6 Å². The van der Waals surface area contributed by atoms with Crippen LogP contribution in [0.25, 0.3) is 0 Å². The van der Waals surface area contributed by atoms with Crippen LogP contribution < -0.4 is 0 Å². The molecular formula is C38H33AcBrO4S2. The molecule has 0 atom stereocenters. The van der Waals surface area contributed by atoms with E-state index in [1.54, 1.807) is 42.5 Å². The van der Waals surface area contributed by atoms with Crippen molar-refractivity contribution in [2.24, 2.45) is 0 Å². The smallest absolute Gasteiger partial charge is 0.150 e. The monoisotopic (exact) mass is 927 g/mol. The van der Waals surface area contributed by atoms with Crippen molar-refractivity contribution in [3.05, 3.63) is 140 Å². The van der Waals surface area contributed by atoms with Crippen molar-refractivity contribution < 1.29 is 66.6 Å². The molecule has 0 heterocycles. The van der Waals surface area contributed by atoms with Gasteiger partial charge in [-0.1, -0.05) is 106 Å². The van der Waals surface area contributed by atoms with E-state index in [9.17, 15) is 9.59 Å². The van der Waals surface area contributed by atoms with Crippen LogP contribution in [0.5, 0.6) is 0 Å². The van der Waals surface area contributed by atoms with E-state index < -0.39 is 0 Å². The maximum atomic E-state index is 10.4. The predicted molar refractivity (Wildman–Crippen MR) is 195 cm³/mol. The summed E-state index contributed by atoms with van der Waals surface area (Å²) in [5, 5.41) is 22.4. The third-order valence-corrected chi connectivity index (χ3v) is 5.82. The molecule has 1 radical (unpaired) electrons. The minimum absolute atomic E-state index is 0. The minimum atomic E-state index is 0. The number of benzene rings is 4. The maximum absolute atomic E-state index is 10.4. The maximum Gasteiger partial charge on any atom is 0.150 e.